The molecule has 2 amide bonds. The molecule has 1 saturated heterocycles. The second-order valence-electron chi connectivity index (χ2n) is 10.9. The van der Waals surface area contributed by atoms with E-state index in [1.807, 2.05) is 48.5 Å². The van der Waals surface area contributed by atoms with Crippen LogP contribution in [0.3, 0.4) is 0 Å². The van der Waals surface area contributed by atoms with Gasteiger partial charge in [0.1, 0.15) is 11.8 Å². The van der Waals surface area contributed by atoms with Gasteiger partial charge in [-0.1, -0.05) is 83.9 Å². The largest absolute Gasteiger partial charge is 0.484 e. The lowest BCUT2D eigenvalue weighted by Crippen LogP contribution is -2.51. The Hall–Kier alpha value is -3.93. The molecular formula is C35H35Cl2N3O6S. The number of rotatable bonds is 13. The minimum Gasteiger partial charge on any atom is -0.484 e. The molecule has 5 rings (SSSR count). The van der Waals surface area contributed by atoms with Gasteiger partial charge in [-0.3, -0.25) is 9.59 Å². The van der Waals surface area contributed by atoms with E-state index in [-0.39, 0.29) is 50.0 Å². The first kappa shape index (κ1) is 34.4. The molecule has 4 aromatic carbocycles. The third-order valence-corrected chi connectivity index (χ3v) is 10.3. The normalized spacial score (nSPS) is 14.3. The summed E-state index contributed by atoms with van der Waals surface area (Å²) in [7, 11) is -3.68. The van der Waals surface area contributed by atoms with Crippen molar-refractivity contribution in [2.75, 3.05) is 32.9 Å². The van der Waals surface area contributed by atoms with Gasteiger partial charge in [0.05, 0.1) is 18.1 Å². The summed E-state index contributed by atoms with van der Waals surface area (Å²) in [6.45, 7) is 1.18. The van der Waals surface area contributed by atoms with E-state index in [1.54, 1.807) is 30.3 Å². The van der Waals surface area contributed by atoms with Gasteiger partial charge in [0.15, 0.2) is 6.61 Å². The van der Waals surface area contributed by atoms with Gasteiger partial charge < -0.3 is 19.7 Å². The van der Waals surface area contributed by atoms with Crippen molar-refractivity contribution in [3.05, 3.63) is 130 Å². The minimum absolute atomic E-state index is 0.118. The van der Waals surface area contributed by atoms with Crippen LogP contribution in [0.5, 0.6) is 5.75 Å². The van der Waals surface area contributed by atoms with Crippen molar-refractivity contribution in [2.24, 2.45) is 0 Å². The first-order valence-corrected chi connectivity index (χ1v) is 17.3. The van der Waals surface area contributed by atoms with Crippen molar-refractivity contribution >= 4 is 45.0 Å². The average molecular weight is 697 g/mol. The summed E-state index contributed by atoms with van der Waals surface area (Å²) in [6.07, 6.45) is 0.253. The Morgan fingerprint density at radius 3 is 2.19 bits per heavy atom. The van der Waals surface area contributed by atoms with Crippen LogP contribution in [0.2, 0.25) is 10.0 Å². The quantitative estimate of drug-likeness (QED) is 0.202. The molecule has 0 bridgehead atoms. The van der Waals surface area contributed by atoms with Crippen LogP contribution in [-0.2, 0) is 43.9 Å². The Labute approximate surface area is 285 Å². The minimum atomic E-state index is -3.68. The molecule has 47 heavy (non-hydrogen) atoms. The van der Waals surface area contributed by atoms with Crippen LogP contribution in [0.15, 0.2) is 108 Å². The van der Waals surface area contributed by atoms with Crippen LogP contribution in [0.25, 0.3) is 0 Å². The number of sulfonamides is 1. The number of nitrogens with zero attached hydrogens (tertiary/aromatic N) is 2. The molecule has 0 aromatic heterocycles. The van der Waals surface area contributed by atoms with Gasteiger partial charge in [-0.2, -0.15) is 4.31 Å². The number of nitrogens with one attached hydrogen (secondary N) is 1. The lowest BCUT2D eigenvalue weighted by molar-refractivity contribution is -0.142. The third-order valence-electron chi connectivity index (χ3n) is 7.74. The Balaban J connectivity index is 1.36. The SMILES string of the molecule is O=C(NCc1ccccc1Cl)[C@H](Cc1ccccc1)N(Cc1ccc(Cl)cc1)C(=O)COc1ccc(S(=O)(=O)N2CCOCC2)cc1. The maximum atomic E-state index is 13.9. The van der Waals surface area contributed by atoms with Crippen molar-refractivity contribution in [1.82, 2.24) is 14.5 Å². The van der Waals surface area contributed by atoms with Gasteiger partial charge in [-0.05, 0) is 59.2 Å². The highest BCUT2D eigenvalue weighted by molar-refractivity contribution is 7.89. The molecule has 0 radical (unpaired) electrons. The number of ether oxygens (including phenoxy) is 2. The standard InChI is InChI=1S/C35H35Cl2N3O6S/c36-29-12-10-27(11-13-29)24-40(33(22-26-6-2-1-3-7-26)35(42)38-23-28-8-4-5-9-32(28)37)34(41)25-46-30-14-16-31(17-15-30)47(43,44)39-18-20-45-21-19-39/h1-17,33H,18-25H2,(H,38,42)/t33-/m0/s1. The number of morpholine rings is 1. The molecule has 1 aliphatic rings. The van der Waals surface area contributed by atoms with Crippen molar-refractivity contribution in [1.29, 1.82) is 0 Å². The second kappa shape index (κ2) is 16.3. The predicted octanol–water partition coefficient (Wildman–Crippen LogP) is 5.35. The number of halogens is 2. The number of hydrogen-bond acceptors (Lipinski definition) is 6. The van der Waals surface area contributed by atoms with Crippen LogP contribution in [0, 0.1) is 0 Å². The summed E-state index contributed by atoms with van der Waals surface area (Å²) in [5.41, 5.74) is 2.40. The Bertz CT molecular complexity index is 1750. The van der Waals surface area contributed by atoms with Crippen LogP contribution < -0.4 is 10.1 Å². The first-order valence-electron chi connectivity index (χ1n) is 15.1. The number of carbonyl (C=O) groups excluding carboxylic acids is 2. The van der Waals surface area contributed by atoms with Gasteiger partial charge in [0.25, 0.3) is 5.91 Å². The van der Waals surface area contributed by atoms with Crippen molar-refractivity contribution in [3.63, 3.8) is 0 Å². The molecule has 12 heteroatoms. The van der Waals surface area contributed by atoms with Gasteiger partial charge in [0.2, 0.25) is 15.9 Å². The highest BCUT2D eigenvalue weighted by Gasteiger charge is 2.31. The molecular weight excluding hydrogens is 661 g/mol. The number of hydrogen-bond donors (Lipinski definition) is 1. The van der Waals surface area contributed by atoms with E-state index >= 15 is 0 Å². The highest BCUT2D eigenvalue weighted by atomic mass is 35.5. The first-order chi connectivity index (χ1) is 22.7. The zero-order valence-electron chi connectivity index (χ0n) is 25.6. The van der Waals surface area contributed by atoms with E-state index in [4.69, 9.17) is 32.7 Å². The second-order valence-corrected chi connectivity index (χ2v) is 13.7. The van der Waals surface area contributed by atoms with Crippen LogP contribution in [0.1, 0.15) is 16.7 Å². The van der Waals surface area contributed by atoms with Crippen molar-refractivity contribution < 1.29 is 27.5 Å². The van der Waals surface area contributed by atoms with E-state index in [1.165, 1.54) is 33.5 Å². The van der Waals surface area contributed by atoms with Gasteiger partial charge >= 0.3 is 0 Å². The molecule has 1 aliphatic heterocycles. The Kier molecular flexibility index (Phi) is 11.9. The summed E-state index contributed by atoms with van der Waals surface area (Å²) in [5, 5.41) is 4.04. The summed E-state index contributed by atoms with van der Waals surface area (Å²) in [5.74, 6) is -0.471. The van der Waals surface area contributed by atoms with Gasteiger partial charge in [-0.15, -0.1) is 0 Å². The molecule has 9 nitrogen and oxygen atoms in total. The van der Waals surface area contributed by atoms with Crippen LogP contribution >= 0.6 is 23.2 Å². The fourth-order valence-corrected chi connectivity index (χ4v) is 6.89. The third kappa shape index (κ3) is 9.33. The smallest absolute Gasteiger partial charge is 0.261 e. The summed E-state index contributed by atoms with van der Waals surface area (Å²) in [4.78, 5) is 29.4. The molecule has 0 saturated carbocycles. The monoisotopic (exact) mass is 695 g/mol. The fourth-order valence-electron chi connectivity index (χ4n) is 5.15. The maximum Gasteiger partial charge on any atom is 0.261 e. The average Bonchev–Trinajstić information content (AvgIpc) is 3.10. The molecule has 0 spiro atoms. The molecule has 246 valence electrons. The Morgan fingerprint density at radius 1 is 0.851 bits per heavy atom. The molecule has 1 heterocycles. The molecule has 4 aromatic rings. The predicted molar refractivity (Wildman–Crippen MR) is 181 cm³/mol. The molecule has 1 fully saturated rings. The van der Waals surface area contributed by atoms with Crippen LogP contribution in [0.4, 0.5) is 0 Å². The zero-order valence-corrected chi connectivity index (χ0v) is 27.9. The van der Waals surface area contributed by atoms with Gasteiger partial charge in [0, 0.05) is 42.6 Å². The molecule has 0 aliphatic carbocycles. The number of benzene rings is 4. The summed E-state index contributed by atoms with van der Waals surface area (Å²) in [6, 6.07) is 28.8. The molecule has 1 atom stereocenters. The van der Waals surface area contributed by atoms with E-state index in [0.717, 1.165) is 16.7 Å². The van der Waals surface area contributed by atoms with Crippen molar-refractivity contribution in [3.8, 4) is 5.75 Å². The zero-order chi connectivity index (χ0) is 33.2. The summed E-state index contributed by atoms with van der Waals surface area (Å²) < 4.78 is 38.5. The fraction of sp³-hybridized carbons (Fsp3) is 0.257. The highest BCUT2D eigenvalue weighted by Crippen LogP contribution is 2.22. The van der Waals surface area contributed by atoms with E-state index in [2.05, 4.69) is 5.32 Å². The van der Waals surface area contributed by atoms with Gasteiger partial charge in [-0.25, -0.2) is 8.42 Å². The van der Waals surface area contributed by atoms with Crippen molar-refractivity contribution in [2.45, 2.75) is 30.4 Å². The lowest BCUT2D eigenvalue weighted by atomic mass is 10.0. The van der Waals surface area contributed by atoms with E-state index in [0.29, 0.717) is 29.0 Å². The number of amides is 2. The molecule has 1 N–H and O–H groups in total. The topological polar surface area (TPSA) is 105 Å². The lowest BCUT2D eigenvalue weighted by Gasteiger charge is -2.31. The number of carbonyl (C=O) groups is 2. The summed E-state index contributed by atoms with van der Waals surface area (Å²) >= 11 is 12.5. The van der Waals surface area contributed by atoms with E-state index in [9.17, 15) is 18.0 Å². The Morgan fingerprint density at radius 2 is 1.51 bits per heavy atom. The van der Waals surface area contributed by atoms with E-state index < -0.39 is 22.0 Å². The molecule has 0 unspecified atom stereocenters. The van der Waals surface area contributed by atoms with Crippen LogP contribution in [-0.4, -0.2) is 68.4 Å². The maximum absolute atomic E-state index is 13.9.